The van der Waals surface area contributed by atoms with Crippen molar-refractivity contribution in [2.24, 2.45) is 5.92 Å². The molecule has 6 heteroatoms. The highest BCUT2D eigenvalue weighted by Gasteiger charge is 2.18. The van der Waals surface area contributed by atoms with E-state index in [9.17, 15) is 12.8 Å². The monoisotopic (exact) mass is 299 g/mol. The fourth-order valence-corrected chi connectivity index (χ4v) is 2.76. The molecular formula is C14H18FNO3S. The second kappa shape index (κ2) is 7.39. The minimum atomic E-state index is -3.72. The van der Waals surface area contributed by atoms with Crippen molar-refractivity contribution < 1.29 is 17.9 Å². The van der Waals surface area contributed by atoms with E-state index in [2.05, 4.69) is 16.6 Å². The number of hydrogen-bond donors (Lipinski definition) is 2. The Labute approximate surface area is 119 Å². The van der Waals surface area contributed by atoms with Crippen LogP contribution in [-0.4, -0.2) is 26.7 Å². The molecule has 0 fully saturated rings. The van der Waals surface area contributed by atoms with Crippen molar-refractivity contribution in [3.8, 4) is 11.8 Å². The number of rotatable bonds is 5. The summed E-state index contributed by atoms with van der Waals surface area (Å²) in [5.74, 6) is 4.78. The van der Waals surface area contributed by atoms with Gasteiger partial charge >= 0.3 is 0 Å². The van der Waals surface area contributed by atoms with E-state index in [4.69, 9.17) is 5.11 Å². The molecule has 0 aliphatic rings. The fourth-order valence-electron chi connectivity index (χ4n) is 1.40. The zero-order valence-corrected chi connectivity index (χ0v) is 12.3. The first-order valence-electron chi connectivity index (χ1n) is 6.25. The van der Waals surface area contributed by atoms with Crippen LogP contribution in [-0.2, 0) is 10.0 Å². The normalized spacial score (nSPS) is 11.2. The molecule has 20 heavy (non-hydrogen) atoms. The third-order valence-corrected chi connectivity index (χ3v) is 3.85. The number of aliphatic hydroxyl groups excluding tert-OH is 1. The minimum Gasteiger partial charge on any atom is -0.395 e. The minimum absolute atomic E-state index is 0.0509. The quantitative estimate of drug-likeness (QED) is 0.810. The molecule has 1 aromatic rings. The molecule has 0 spiro atoms. The molecule has 0 bridgehead atoms. The summed E-state index contributed by atoms with van der Waals surface area (Å²) < 4.78 is 40.0. The Hall–Kier alpha value is -1.42. The molecule has 0 aliphatic carbocycles. The first-order valence-corrected chi connectivity index (χ1v) is 7.74. The molecule has 110 valence electrons. The largest absolute Gasteiger partial charge is 0.395 e. The van der Waals surface area contributed by atoms with Gasteiger partial charge in [-0.05, 0) is 24.1 Å². The van der Waals surface area contributed by atoms with E-state index in [1.165, 1.54) is 6.07 Å². The van der Waals surface area contributed by atoms with E-state index in [0.717, 1.165) is 12.1 Å². The third kappa shape index (κ3) is 4.93. The van der Waals surface area contributed by atoms with Crippen molar-refractivity contribution in [3.63, 3.8) is 0 Å². The summed E-state index contributed by atoms with van der Waals surface area (Å²) >= 11 is 0. The summed E-state index contributed by atoms with van der Waals surface area (Å²) in [6.07, 6.45) is 0.204. The van der Waals surface area contributed by atoms with Gasteiger partial charge in [0.25, 0.3) is 0 Å². The zero-order valence-electron chi connectivity index (χ0n) is 11.5. The fraction of sp³-hybridized carbons (Fsp3) is 0.429. The maximum absolute atomic E-state index is 13.2. The van der Waals surface area contributed by atoms with Gasteiger partial charge in [-0.1, -0.05) is 25.7 Å². The van der Waals surface area contributed by atoms with Gasteiger partial charge in [-0.15, -0.1) is 0 Å². The van der Waals surface area contributed by atoms with Gasteiger partial charge < -0.3 is 5.11 Å². The number of aliphatic hydroxyl groups is 1. The standard InChI is InChI=1S/C14H18FNO3S/c1-11(2)10-16-20(18,19)14-7-6-13(15)9-12(14)5-3-4-8-17/h6-7,9,11,16-17H,4,8,10H2,1-2H3. The van der Waals surface area contributed by atoms with Gasteiger partial charge in [0.15, 0.2) is 0 Å². The maximum Gasteiger partial charge on any atom is 0.241 e. The van der Waals surface area contributed by atoms with Crippen LogP contribution in [0.2, 0.25) is 0 Å². The lowest BCUT2D eigenvalue weighted by Crippen LogP contribution is -2.28. The van der Waals surface area contributed by atoms with Gasteiger partial charge in [-0.25, -0.2) is 17.5 Å². The predicted octanol–water partition coefficient (Wildman–Crippen LogP) is 1.49. The molecule has 0 saturated carbocycles. The van der Waals surface area contributed by atoms with Crippen molar-refractivity contribution in [3.05, 3.63) is 29.6 Å². The Bertz CT molecular complexity index is 615. The molecule has 1 rings (SSSR count). The van der Waals surface area contributed by atoms with Crippen molar-refractivity contribution in [1.82, 2.24) is 4.72 Å². The van der Waals surface area contributed by atoms with Crippen molar-refractivity contribution in [2.45, 2.75) is 25.2 Å². The summed E-state index contributed by atoms with van der Waals surface area (Å²) in [6.45, 7) is 3.93. The second-order valence-electron chi connectivity index (χ2n) is 4.66. The SMILES string of the molecule is CC(C)CNS(=O)(=O)c1ccc(F)cc1C#CCCO. The van der Waals surface area contributed by atoms with Crippen LogP contribution in [0.1, 0.15) is 25.8 Å². The topological polar surface area (TPSA) is 66.4 Å². The number of benzene rings is 1. The molecule has 1 aromatic carbocycles. The van der Waals surface area contributed by atoms with Crippen LogP contribution in [0.25, 0.3) is 0 Å². The highest BCUT2D eigenvalue weighted by atomic mass is 32.2. The molecule has 0 unspecified atom stereocenters. The predicted molar refractivity (Wildman–Crippen MR) is 75.0 cm³/mol. The Morgan fingerprint density at radius 2 is 2.10 bits per heavy atom. The number of hydrogen-bond acceptors (Lipinski definition) is 3. The van der Waals surface area contributed by atoms with Crippen molar-refractivity contribution >= 4 is 10.0 Å². The average molecular weight is 299 g/mol. The highest BCUT2D eigenvalue weighted by Crippen LogP contribution is 2.16. The summed E-state index contributed by atoms with van der Waals surface area (Å²) in [5, 5.41) is 8.67. The van der Waals surface area contributed by atoms with Gasteiger partial charge in [0.2, 0.25) is 10.0 Å². The molecule has 0 aromatic heterocycles. The van der Waals surface area contributed by atoms with Crippen LogP contribution in [0.15, 0.2) is 23.1 Å². The summed E-state index contributed by atoms with van der Waals surface area (Å²) in [5.41, 5.74) is 0.0923. The van der Waals surface area contributed by atoms with Crippen LogP contribution in [0, 0.1) is 23.6 Å². The first kappa shape index (κ1) is 16.6. The molecule has 4 nitrogen and oxygen atoms in total. The van der Waals surface area contributed by atoms with Crippen LogP contribution in [0.4, 0.5) is 4.39 Å². The molecule has 0 amide bonds. The van der Waals surface area contributed by atoms with Crippen LogP contribution in [0.3, 0.4) is 0 Å². The van der Waals surface area contributed by atoms with E-state index in [-0.39, 0.29) is 29.4 Å². The Morgan fingerprint density at radius 3 is 2.70 bits per heavy atom. The van der Waals surface area contributed by atoms with Gasteiger partial charge in [0, 0.05) is 18.5 Å². The summed E-state index contributed by atoms with van der Waals surface area (Å²) in [6, 6.07) is 3.36. The highest BCUT2D eigenvalue weighted by molar-refractivity contribution is 7.89. The van der Waals surface area contributed by atoms with E-state index in [0.29, 0.717) is 6.54 Å². The summed E-state index contributed by atoms with van der Waals surface area (Å²) in [7, 11) is -3.72. The molecule has 0 aliphatic heterocycles. The second-order valence-corrected chi connectivity index (χ2v) is 6.40. The van der Waals surface area contributed by atoms with Gasteiger partial charge in [0.05, 0.1) is 11.5 Å². The van der Waals surface area contributed by atoms with Gasteiger partial charge in [0.1, 0.15) is 5.82 Å². The molecule has 0 heterocycles. The van der Waals surface area contributed by atoms with Crippen molar-refractivity contribution in [2.75, 3.05) is 13.2 Å². The van der Waals surface area contributed by atoms with Gasteiger partial charge in [-0.3, -0.25) is 0 Å². The van der Waals surface area contributed by atoms with E-state index in [1.54, 1.807) is 0 Å². The lowest BCUT2D eigenvalue weighted by atomic mass is 10.2. The molecule has 0 saturated heterocycles. The average Bonchev–Trinajstić information content (AvgIpc) is 2.37. The number of halogens is 1. The van der Waals surface area contributed by atoms with Crippen molar-refractivity contribution in [1.29, 1.82) is 0 Å². The zero-order chi connectivity index (χ0) is 15.2. The number of sulfonamides is 1. The first-order chi connectivity index (χ1) is 9.36. The van der Waals surface area contributed by atoms with E-state index >= 15 is 0 Å². The molecular weight excluding hydrogens is 281 g/mol. The maximum atomic E-state index is 13.2. The van der Waals surface area contributed by atoms with Gasteiger partial charge in [-0.2, -0.15) is 0 Å². The molecule has 0 radical (unpaired) electrons. The van der Waals surface area contributed by atoms with Crippen LogP contribution in [0.5, 0.6) is 0 Å². The van der Waals surface area contributed by atoms with Crippen LogP contribution < -0.4 is 4.72 Å². The molecule has 0 atom stereocenters. The molecule has 2 N–H and O–H groups in total. The Kier molecular flexibility index (Phi) is 6.14. The Morgan fingerprint density at radius 1 is 1.40 bits per heavy atom. The smallest absolute Gasteiger partial charge is 0.241 e. The Balaban J connectivity index is 3.14. The number of nitrogens with one attached hydrogen (secondary N) is 1. The van der Waals surface area contributed by atoms with E-state index < -0.39 is 15.8 Å². The lowest BCUT2D eigenvalue weighted by molar-refractivity contribution is 0.305. The van der Waals surface area contributed by atoms with E-state index in [1.807, 2.05) is 13.8 Å². The summed E-state index contributed by atoms with van der Waals surface area (Å²) in [4.78, 5) is -0.0509. The van der Waals surface area contributed by atoms with Crippen LogP contribution >= 0.6 is 0 Å². The third-order valence-electron chi connectivity index (χ3n) is 2.37. The lowest BCUT2D eigenvalue weighted by Gasteiger charge is -2.10.